The Morgan fingerprint density at radius 1 is 1.38 bits per heavy atom. The van der Waals surface area contributed by atoms with Gasteiger partial charge >= 0.3 is 5.97 Å². The van der Waals surface area contributed by atoms with Crippen molar-refractivity contribution in [2.75, 3.05) is 0 Å². The van der Waals surface area contributed by atoms with Crippen LogP contribution in [-0.4, -0.2) is 11.6 Å². The molecule has 0 saturated heterocycles. The lowest BCUT2D eigenvalue weighted by molar-refractivity contribution is -0.132. The zero-order valence-corrected chi connectivity index (χ0v) is 15.4. The minimum absolute atomic E-state index is 0.215. The second-order valence-corrected chi connectivity index (χ2v) is 7.74. The highest BCUT2D eigenvalue weighted by Crippen LogP contribution is 2.53. The highest BCUT2D eigenvalue weighted by molar-refractivity contribution is 5.71. The van der Waals surface area contributed by atoms with Crippen molar-refractivity contribution < 1.29 is 14.3 Å². The molecule has 0 amide bonds. The molecule has 2 aliphatic rings. The van der Waals surface area contributed by atoms with Gasteiger partial charge in [0, 0.05) is 24.3 Å². The molecule has 130 valence electrons. The van der Waals surface area contributed by atoms with Crippen LogP contribution in [-0.2, 0) is 11.2 Å². The van der Waals surface area contributed by atoms with E-state index in [9.17, 15) is 4.79 Å². The molecule has 1 heterocycles. The summed E-state index contributed by atoms with van der Waals surface area (Å²) in [5.74, 6) is 1.95. The topological polar surface area (TPSA) is 35.5 Å². The van der Waals surface area contributed by atoms with Gasteiger partial charge in [0.2, 0.25) is 0 Å². The lowest BCUT2D eigenvalue weighted by Crippen LogP contribution is -2.45. The molecule has 2 atom stereocenters. The molecule has 3 rings (SSSR count). The Bertz CT molecular complexity index is 685. The van der Waals surface area contributed by atoms with Crippen LogP contribution in [0.5, 0.6) is 11.5 Å². The number of aryl methyl sites for hydroxylation is 1. The molecule has 24 heavy (non-hydrogen) atoms. The maximum Gasteiger partial charge on any atom is 0.308 e. The van der Waals surface area contributed by atoms with Gasteiger partial charge in [-0.1, -0.05) is 25.0 Å². The van der Waals surface area contributed by atoms with Crippen LogP contribution in [0, 0.1) is 5.92 Å². The van der Waals surface area contributed by atoms with Crippen molar-refractivity contribution in [2.24, 2.45) is 5.92 Å². The highest BCUT2D eigenvalue weighted by Gasteiger charge is 2.45. The van der Waals surface area contributed by atoms with Crippen LogP contribution in [0.2, 0.25) is 0 Å². The van der Waals surface area contributed by atoms with E-state index in [4.69, 9.17) is 9.47 Å². The first kappa shape index (κ1) is 17.1. The standard InChI is InChI=1S/C21H28O3/c1-6-7-15-11-18(23-14(3)22)20-16-10-13(2)8-9-17(16)21(4,5)24-19(20)12-15/h10-12,16-17H,6-9H2,1-5H3. The van der Waals surface area contributed by atoms with Gasteiger partial charge in [-0.25, -0.2) is 0 Å². The second kappa shape index (κ2) is 6.27. The number of carbonyl (C=O) groups is 1. The van der Waals surface area contributed by atoms with Crippen LogP contribution in [0.25, 0.3) is 0 Å². The fourth-order valence-electron chi connectivity index (χ4n) is 4.23. The first-order chi connectivity index (χ1) is 11.3. The predicted octanol–water partition coefficient (Wildman–Crippen LogP) is 5.18. The molecular formula is C21H28O3. The molecule has 2 unspecified atom stereocenters. The van der Waals surface area contributed by atoms with Gasteiger partial charge in [0.1, 0.15) is 17.1 Å². The first-order valence-corrected chi connectivity index (χ1v) is 9.03. The fraction of sp³-hybridized carbons (Fsp3) is 0.571. The van der Waals surface area contributed by atoms with Crippen molar-refractivity contribution in [3.8, 4) is 11.5 Å². The number of esters is 1. The van der Waals surface area contributed by atoms with Crippen LogP contribution >= 0.6 is 0 Å². The third-order valence-corrected chi connectivity index (χ3v) is 5.30. The Morgan fingerprint density at radius 3 is 2.79 bits per heavy atom. The Morgan fingerprint density at radius 2 is 2.12 bits per heavy atom. The molecule has 1 aliphatic carbocycles. The molecule has 0 aromatic heterocycles. The van der Waals surface area contributed by atoms with E-state index in [-0.39, 0.29) is 17.5 Å². The fourth-order valence-corrected chi connectivity index (χ4v) is 4.23. The first-order valence-electron chi connectivity index (χ1n) is 9.03. The van der Waals surface area contributed by atoms with Crippen molar-refractivity contribution in [1.29, 1.82) is 0 Å². The third-order valence-electron chi connectivity index (χ3n) is 5.30. The number of rotatable bonds is 3. The van der Waals surface area contributed by atoms with Gasteiger partial charge in [-0.3, -0.25) is 4.79 Å². The summed E-state index contributed by atoms with van der Waals surface area (Å²) in [7, 11) is 0. The van der Waals surface area contributed by atoms with Crippen molar-refractivity contribution in [1.82, 2.24) is 0 Å². The van der Waals surface area contributed by atoms with E-state index in [0.29, 0.717) is 11.7 Å². The summed E-state index contributed by atoms with van der Waals surface area (Å²) < 4.78 is 12.0. The summed E-state index contributed by atoms with van der Waals surface area (Å²) in [4.78, 5) is 11.6. The van der Waals surface area contributed by atoms with Crippen molar-refractivity contribution in [2.45, 2.75) is 71.8 Å². The number of allylic oxidation sites excluding steroid dienone is 2. The van der Waals surface area contributed by atoms with Gasteiger partial charge in [-0.2, -0.15) is 0 Å². The number of carbonyl (C=O) groups excluding carboxylic acids is 1. The van der Waals surface area contributed by atoms with Crippen molar-refractivity contribution in [3.63, 3.8) is 0 Å². The van der Waals surface area contributed by atoms with E-state index in [0.717, 1.165) is 37.0 Å². The molecule has 1 aliphatic heterocycles. The third kappa shape index (κ3) is 3.09. The van der Waals surface area contributed by atoms with E-state index in [1.807, 2.05) is 6.07 Å². The van der Waals surface area contributed by atoms with Crippen LogP contribution in [0.3, 0.4) is 0 Å². The Hall–Kier alpha value is -1.77. The molecule has 3 heteroatoms. The minimum Gasteiger partial charge on any atom is -0.487 e. The zero-order chi connectivity index (χ0) is 17.5. The van der Waals surface area contributed by atoms with Gasteiger partial charge in [-0.15, -0.1) is 0 Å². The predicted molar refractivity (Wildman–Crippen MR) is 95.7 cm³/mol. The van der Waals surface area contributed by atoms with E-state index >= 15 is 0 Å². The molecule has 0 saturated carbocycles. The molecule has 0 fully saturated rings. The lowest BCUT2D eigenvalue weighted by atomic mass is 9.68. The minimum atomic E-state index is -0.274. The SMILES string of the molecule is CCCc1cc(OC(C)=O)c2c(c1)OC(C)(C)C1CCC(C)=CC21. The summed E-state index contributed by atoms with van der Waals surface area (Å²) in [5.41, 5.74) is 3.41. The maximum atomic E-state index is 11.6. The molecule has 1 aromatic carbocycles. The Labute approximate surface area is 145 Å². The number of hydrogen-bond acceptors (Lipinski definition) is 3. The number of hydrogen-bond donors (Lipinski definition) is 0. The molecule has 0 radical (unpaired) electrons. The van der Waals surface area contributed by atoms with Gasteiger partial charge in [-0.05, 0) is 57.7 Å². The summed E-state index contributed by atoms with van der Waals surface area (Å²) >= 11 is 0. The average molecular weight is 328 g/mol. The molecular weight excluding hydrogens is 300 g/mol. The Balaban J connectivity index is 2.18. The second-order valence-electron chi connectivity index (χ2n) is 7.74. The maximum absolute atomic E-state index is 11.6. The lowest BCUT2D eigenvalue weighted by Gasteiger charge is -2.46. The summed E-state index contributed by atoms with van der Waals surface area (Å²) in [5, 5.41) is 0. The monoisotopic (exact) mass is 328 g/mol. The average Bonchev–Trinajstić information content (AvgIpc) is 2.45. The molecule has 0 bridgehead atoms. The Kier molecular flexibility index (Phi) is 4.46. The normalized spacial score (nSPS) is 24.3. The quantitative estimate of drug-likeness (QED) is 0.436. The molecule has 1 aromatic rings. The van der Waals surface area contributed by atoms with E-state index in [1.54, 1.807) is 0 Å². The number of benzene rings is 1. The van der Waals surface area contributed by atoms with Gasteiger partial charge in [0.25, 0.3) is 0 Å². The van der Waals surface area contributed by atoms with Crippen LogP contribution in [0.15, 0.2) is 23.8 Å². The van der Waals surface area contributed by atoms with E-state index < -0.39 is 0 Å². The number of fused-ring (bicyclic) bond motifs is 3. The summed E-state index contributed by atoms with van der Waals surface area (Å²) in [6.45, 7) is 10.2. The van der Waals surface area contributed by atoms with E-state index in [1.165, 1.54) is 18.1 Å². The smallest absolute Gasteiger partial charge is 0.308 e. The zero-order valence-electron chi connectivity index (χ0n) is 15.4. The molecule has 0 N–H and O–H groups in total. The largest absolute Gasteiger partial charge is 0.487 e. The summed E-state index contributed by atoms with van der Waals surface area (Å²) in [6, 6.07) is 4.17. The van der Waals surface area contributed by atoms with Crippen molar-refractivity contribution in [3.05, 3.63) is 34.9 Å². The van der Waals surface area contributed by atoms with Crippen molar-refractivity contribution >= 4 is 5.97 Å². The molecule has 3 nitrogen and oxygen atoms in total. The van der Waals surface area contributed by atoms with Crippen LogP contribution in [0.4, 0.5) is 0 Å². The molecule has 0 spiro atoms. The van der Waals surface area contributed by atoms with Gasteiger partial charge < -0.3 is 9.47 Å². The van der Waals surface area contributed by atoms with Gasteiger partial charge in [0.05, 0.1) is 0 Å². The van der Waals surface area contributed by atoms with Crippen LogP contribution < -0.4 is 9.47 Å². The van der Waals surface area contributed by atoms with Gasteiger partial charge in [0.15, 0.2) is 0 Å². The summed E-state index contributed by atoms with van der Waals surface area (Å²) in [6.07, 6.45) is 6.57. The van der Waals surface area contributed by atoms with Crippen LogP contribution in [0.1, 0.15) is 70.9 Å². The highest BCUT2D eigenvalue weighted by atomic mass is 16.5. The number of ether oxygens (including phenoxy) is 2. The van der Waals surface area contributed by atoms with E-state index in [2.05, 4.69) is 39.8 Å².